The predicted octanol–water partition coefficient (Wildman–Crippen LogP) is 0.702. The predicted molar refractivity (Wildman–Crippen MR) is 71.8 cm³/mol. The molecule has 2 rings (SSSR count). The highest BCUT2D eigenvalue weighted by Crippen LogP contribution is 2.15. The van der Waals surface area contributed by atoms with Crippen LogP contribution in [-0.2, 0) is 10.0 Å². The second-order valence-corrected chi connectivity index (χ2v) is 5.52. The Kier molecular flexibility index (Phi) is 4.08. The molecule has 0 bridgehead atoms. The molecular formula is C11H12N4O5S. The number of aromatic carboxylic acids is 1. The van der Waals surface area contributed by atoms with Crippen molar-refractivity contribution in [1.82, 2.24) is 15.2 Å². The molecule has 0 amide bonds. The summed E-state index contributed by atoms with van der Waals surface area (Å²) in [7, 11) is -3.89. The fourth-order valence-electron chi connectivity index (χ4n) is 1.45. The maximum atomic E-state index is 12.1. The van der Waals surface area contributed by atoms with Crippen LogP contribution < -0.4 is 9.46 Å². The lowest BCUT2D eigenvalue weighted by Crippen LogP contribution is -2.14. The van der Waals surface area contributed by atoms with E-state index in [1.54, 1.807) is 6.92 Å². The Bertz CT molecular complexity index is 738. The standard InChI is InChI=1S/C11H12N4O5S/c1-2-20-11-12-10(13-14-11)15-21(18,19)8-5-3-7(4-6-8)9(16)17/h3-6H,2H2,1H3,(H,16,17)(H2,12,13,14,15). The smallest absolute Gasteiger partial charge is 0.337 e. The van der Waals surface area contributed by atoms with Gasteiger partial charge in [0.2, 0.25) is 5.95 Å². The molecule has 1 heterocycles. The summed E-state index contributed by atoms with van der Waals surface area (Å²) in [4.78, 5) is 14.4. The monoisotopic (exact) mass is 312 g/mol. The van der Waals surface area contributed by atoms with Crippen LogP contribution in [0.15, 0.2) is 29.2 Å². The summed E-state index contributed by atoms with van der Waals surface area (Å²) in [6.07, 6.45) is 0. The average Bonchev–Trinajstić information content (AvgIpc) is 2.86. The van der Waals surface area contributed by atoms with E-state index in [1.165, 1.54) is 24.3 Å². The van der Waals surface area contributed by atoms with Crippen molar-refractivity contribution in [2.45, 2.75) is 11.8 Å². The number of ether oxygens (including phenoxy) is 1. The van der Waals surface area contributed by atoms with Crippen LogP contribution in [0.2, 0.25) is 0 Å². The second-order valence-electron chi connectivity index (χ2n) is 3.83. The number of carboxylic acid groups (broad SMARTS) is 1. The van der Waals surface area contributed by atoms with Gasteiger partial charge in [-0.2, -0.15) is 4.98 Å². The van der Waals surface area contributed by atoms with Gasteiger partial charge in [0.15, 0.2) is 0 Å². The van der Waals surface area contributed by atoms with Crippen molar-refractivity contribution < 1.29 is 23.1 Å². The van der Waals surface area contributed by atoms with E-state index in [2.05, 4.69) is 19.9 Å². The molecule has 0 saturated carbocycles. The lowest BCUT2D eigenvalue weighted by Gasteiger charge is -2.04. The number of nitrogens with one attached hydrogen (secondary N) is 2. The minimum absolute atomic E-state index is 0.00718. The van der Waals surface area contributed by atoms with Gasteiger partial charge in [0, 0.05) is 0 Å². The zero-order valence-corrected chi connectivity index (χ0v) is 11.7. The van der Waals surface area contributed by atoms with E-state index in [9.17, 15) is 13.2 Å². The molecule has 1 aromatic heterocycles. The highest BCUT2D eigenvalue weighted by Gasteiger charge is 2.17. The first-order chi connectivity index (χ1) is 9.92. The molecule has 1 aromatic carbocycles. The van der Waals surface area contributed by atoms with E-state index < -0.39 is 16.0 Å². The molecular weight excluding hydrogens is 300 g/mol. The molecule has 2 aromatic rings. The third-order valence-electron chi connectivity index (χ3n) is 2.38. The van der Waals surface area contributed by atoms with Crippen molar-refractivity contribution in [3.63, 3.8) is 0 Å². The molecule has 0 saturated heterocycles. The summed E-state index contributed by atoms with van der Waals surface area (Å²) in [6.45, 7) is 2.09. The highest BCUT2D eigenvalue weighted by atomic mass is 32.2. The zero-order valence-electron chi connectivity index (χ0n) is 10.9. The van der Waals surface area contributed by atoms with Crippen LogP contribution in [0.3, 0.4) is 0 Å². The van der Waals surface area contributed by atoms with Crippen molar-refractivity contribution in [2.75, 3.05) is 11.3 Å². The minimum Gasteiger partial charge on any atom is -0.478 e. The first-order valence-corrected chi connectivity index (χ1v) is 7.32. The quantitative estimate of drug-likeness (QED) is 0.714. The third-order valence-corrected chi connectivity index (χ3v) is 3.74. The zero-order chi connectivity index (χ0) is 15.5. The molecule has 0 fully saturated rings. The summed E-state index contributed by atoms with van der Waals surface area (Å²) < 4.78 is 31.3. The molecule has 112 valence electrons. The van der Waals surface area contributed by atoms with Crippen molar-refractivity contribution in [1.29, 1.82) is 0 Å². The summed E-state index contributed by atoms with van der Waals surface area (Å²) in [5.74, 6) is -1.23. The first-order valence-electron chi connectivity index (χ1n) is 5.84. The molecule has 0 unspecified atom stereocenters. The van der Waals surface area contributed by atoms with Gasteiger partial charge < -0.3 is 9.84 Å². The van der Waals surface area contributed by atoms with E-state index in [0.717, 1.165) is 0 Å². The Balaban J connectivity index is 2.18. The maximum absolute atomic E-state index is 12.1. The van der Waals surface area contributed by atoms with Gasteiger partial charge in [-0.05, 0) is 31.2 Å². The third kappa shape index (κ3) is 3.48. The largest absolute Gasteiger partial charge is 0.478 e. The number of nitrogens with zero attached hydrogens (tertiary/aromatic N) is 2. The number of rotatable bonds is 6. The Hall–Kier alpha value is -2.62. The van der Waals surface area contributed by atoms with Gasteiger partial charge in [0.05, 0.1) is 17.1 Å². The van der Waals surface area contributed by atoms with Gasteiger partial charge in [-0.15, -0.1) is 5.10 Å². The topological polar surface area (TPSA) is 134 Å². The van der Waals surface area contributed by atoms with E-state index in [1.807, 2.05) is 0 Å². The molecule has 0 aliphatic rings. The number of carbonyl (C=O) groups is 1. The Morgan fingerprint density at radius 3 is 2.62 bits per heavy atom. The van der Waals surface area contributed by atoms with Gasteiger partial charge in [0.25, 0.3) is 10.0 Å². The van der Waals surface area contributed by atoms with Gasteiger partial charge in [0.1, 0.15) is 0 Å². The normalized spacial score (nSPS) is 11.1. The molecule has 0 spiro atoms. The number of aromatic nitrogens is 3. The number of aromatic amines is 1. The maximum Gasteiger partial charge on any atom is 0.337 e. The summed E-state index contributed by atoms with van der Waals surface area (Å²) >= 11 is 0. The summed E-state index contributed by atoms with van der Waals surface area (Å²) in [6, 6.07) is 4.79. The van der Waals surface area contributed by atoms with E-state index >= 15 is 0 Å². The van der Waals surface area contributed by atoms with Crippen LogP contribution >= 0.6 is 0 Å². The summed E-state index contributed by atoms with van der Waals surface area (Å²) in [5.41, 5.74) is -0.00718. The molecule has 0 radical (unpaired) electrons. The molecule has 9 nitrogen and oxygen atoms in total. The lowest BCUT2D eigenvalue weighted by atomic mass is 10.2. The molecule has 21 heavy (non-hydrogen) atoms. The number of hydrogen-bond acceptors (Lipinski definition) is 6. The van der Waals surface area contributed by atoms with Crippen molar-refractivity contribution in [3.05, 3.63) is 29.8 Å². The minimum atomic E-state index is -3.89. The SMILES string of the molecule is CCOc1n[nH]c(NS(=O)(=O)c2ccc(C(=O)O)cc2)n1. The number of anilines is 1. The summed E-state index contributed by atoms with van der Waals surface area (Å²) in [5, 5.41) is 14.8. The van der Waals surface area contributed by atoms with Crippen molar-refractivity contribution >= 4 is 21.9 Å². The second kappa shape index (κ2) is 5.79. The van der Waals surface area contributed by atoms with Gasteiger partial charge in [-0.1, -0.05) is 0 Å². The van der Waals surface area contributed by atoms with E-state index in [-0.39, 0.29) is 22.4 Å². The Morgan fingerprint density at radius 2 is 2.05 bits per heavy atom. The average molecular weight is 312 g/mol. The fourth-order valence-corrected chi connectivity index (χ4v) is 2.41. The molecule has 0 aliphatic carbocycles. The number of carboxylic acids is 1. The van der Waals surface area contributed by atoms with E-state index in [4.69, 9.17) is 9.84 Å². The number of sulfonamides is 1. The number of benzene rings is 1. The van der Waals surface area contributed by atoms with Gasteiger partial charge >= 0.3 is 12.0 Å². The fraction of sp³-hybridized carbons (Fsp3) is 0.182. The Labute approximate surface area is 120 Å². The van der Waals surface area contributed by atoms with E-state index in [0.29, 0.717) is 6.61 Å². The molecule has 0 atom stereocenters. The molecule has 0 aliphatic heterocycles. The highest BCUT2D eigenvalue weighted by molar-refractivity contribution is 7.92. The lowest BCUT2D eigenvalue weighted by molar-refractivity contribution is 0.0696. The van der Waals surface area contributed by atoms with Gasteiger partial charge in [-0.25, -0.2) is 23.0 Å². The first kappa shape index (κ1) is 14.8. The van der Waals surface area contributed by atoms with Crippen LogP contribution in [0, 0.1) is 0 Å². The van der Waals surface area contributed by atoms with Gasteiger partial charge in [-0.3, -0.25) is 0 Å². The van der Waals surface area contributed by atoms with Crippen molar-refractivity contribution in [3.8, 4) is 6.01 Å². The van der Waals surface area contributed by atoms with Crippen LogP contribution in [0.5, 0.6) is 6.01 Å². The number of hydrogen-bond donors (Lipinski definition) is 3. The molecule has 3 N–H and O–H groups in total. The number of H-pyrrole nitrogens is 1. The van der Waals surface area contributed by atoms with Crippen LogP contribution in [0.25, 0.3) is 0 Å². The Morgan fingerprint density at radius 1 is 1.38 bits per heavy atom. The van der Waals surface area contributed by atoms with Crippen LogP contribution in [0.1, 0.15) is 17.3 Å². The van der Waals surface area contributed by atoms with Crippen LogP contribution in [0.4, 0.5) is 5.95 Å². The van der Waals surface area contributed by atoms with Crippen molar-refractivity contribution in [2.24, 2.45) is 0 Å². The van der Waals surface area contributed by atoms with Crippen LogP contribution in [-0.4, -0.2) is 41.3 Å². The molecule has 10 heteroatoms.